The number of hydrogen-bond donors (Lipinski definition) is 1. The summed E-state index contributed by atoms with van der Waals surface area (Å²) >= 11 is 1.60. The molecule has 1 N–H and O–H groups in total. The van der Waals surface area contributed by atoms with Gasteiger partial charge >= 0.3 is 0 Å². The van der Waals surface area contributed by atoms with Gasteiger partial charge in [-0.3, -0.25) is 14.4 Å². The molecule has 0 saturated carbocycles. The topological polar surface area (TPSA) is 86.4 Å². The van der Waals surface area contributed by atoms with Crippen LogP contribution in [0.3, 0.4) is 0 Å². The number of aromatic nitrogens is 2. The number of pyridine rings is 1. The molecule has 7 nitrogen and oxygen atoms in total. The Bertz CT molecular complexity index is 999. The van der Waals surface area contributed by atoms with Crippen molar-refractivity contribution >= 4 is 28.2 Å². The molecule has 1 amide bonds. The highest BCUT2D eigenvalue weighted by Crippen LogP contribution is 2.33. The predicted molar refractivity (Wildman–Crippen MR) is 108 cm³/mol. The second kappa shape index (κ2) is 6.84. The summed E-state index contributed by atoms with van der Waals surface area (Å²) in [5.41, 5.74) is 1.60. The maximum absolute atomic E-state index is 13.0. The van der Waals surface area contributed by atoms with E-state index in [1.54, 1.807) is 16.2 Å². The third-order valence-electron chi connectivity index (χ3n) is 5.39. The molecule has 2 aliphatic rings. The third kappa shape index (κ3) is 3.48. The van der Waals surface area contributed by atoms with Crippen LogP contribution in [-0.2, 0) is 6.42 Å². The van der Waals surface area contributed by atoms with E-state index in [4.69, 9.17) is 0 Å². The van der Waals surface area contributed by atoms with E-state index in [0.29, 0.717) is 50.3 Å². The van der Waals surface area contributed by atoms with E-state index in [9.17, 15) is 14.4 Å². The van der Waals surface area contributed by atoms with Crippen molar-refractivity contribution in [2.75, 3.05) is 31.1 Å². The molecular weight excluding hydrogens is 376 g/mol. The Balaban J connectivity index is 1.52. The van der Waals surface area contributed by atoms with Gasteiger partial charge in [-0.2, -0.15) is 0 Å². The SMILES string of the molecule is Cc1csc(N2CCN(C(=O)c3cc4c([nH]c3=O)CC(C)(C)CC4=O)CC2)n1. The van der Waals surface area contributed by atoms with Crippen molar-refractivity contribution in [1.29, 1.82) is 0 Å². The monoisotopic (exact) mass is 400 g/mol. The van der Waals surface area contributed by atoms with Crippen LogP contribution in [0.4, 0.5) is 5.13 Å². The summed E-state index contributed by atoms with van der Waals surface area (Å²) in [6.45, 7) is 8.38. The standard InChI is InChI=1S/C20H24N4O3S/c1-12-11-28-19(21-12)24-6-4-23(5-7-24)18(27)14-8-13-15(22-17(14)26)9-20(2,3)10-16(13)25/h8,11H,4-7,9-10H2,1-3H3,(H,22,26). The molecular formula is C20H24N4O3S. The molecule has 1 saturated heterocycles. The molecule has 8 heteroatoms. The first kappa shape index (κ1) is 18.9. The second-order valence-corrected chi connectivity index (χ2v) is 9.23. The van der Waals surface area contributed by atoms with Crippen LogP contribution < -0.4 is 10.5 Å². The lowest BCUT2D eigenvalue weighted by Gasteiger charge is -2.34. The maximum atomic E-state index is 13.0. The minimum atomic E-state index is -0.410. The number of piperazine rings is 1. The Morgan fingerprint density at radius 3 is 2.54 bits per heavy atom. The van der Waals surface area contributed by atoms with Crippen LogP contribution in [0.15, 0.2) is 16.2 Å². The average molecular weight is 401 g/mol. The zero-order valence-corrected chi connectivity index (χ0v) is 17.2. The fourth-order valence-corrected chi connectivity index (χ4v) is 4.80. The number of carbonyl (C=O) groups is 2. The fraction of sp³-hybridized carbons (Fsp3) is 0.500. The second-order valence-electron chi connectivity index (χ2n) is 8.40. The number of aromatic amines is 1. The van der Waals surface area contributed by atoms with Gasteiger partial charge in [0.05, 0.1) is 5.69 Å². The number of amides is 1. The van der Waals surface area contributed by atoms with Gasteiger partial charge in [-0.25, -0.2) is 4.98 Å². The Labute approximate surface area is 167 Å². The van der Waals surface area contributed by atoms with Gasteiger partial charge in [-0.05, 0) is 24.8 Å². The number of nitrogens with one attached hydrogen (secondary N) is 1. The van der Waals surface area contributed by atoms with Crippen LogP contribution in [0, 0.1) is 12.3 Å². The fourth-order valence-electron chi connectivity index (χ4n) is 3.94. The molecule has 4 rings (SSSR count). The zero-order chi connectivity index (χ0) is 20.1. The Morgan fingerprint density at radius 2 is 1.89 bits per heavy atom. The van der Waals surface area contributed by atoms with Gasteiger partial charge in [-0.1, -0.05) is 13.8 Å². The Hall–Kier alpha value is -2.48. The number of Topliss-reactive ketones (excluding diaryl/α,β-unsaturated/α-hetero) is 1. The van der Waals surface area contributed by atoms with Crippen LogP contribution >= 0.6 is 11.3 Å². The number of hydrogen-bond acceptors (Lipinski definition) is 6. The summed E-state index contributed by atoms with van der Waals surface area (Å²) < 4.78 is 0. The number of aryl methyl sites for hydroxylation is 1. The summed E-state index contributed by atoms with van der Waals surface area (Å²) in [4.78, 5) is 49.1. The van der Waals surface area contributed by atoms with Gasteiger partial charge in [-0.15, -0.1) is 11.3 Å². The van der Waals surface area contributed by atoms with Crippen molar-refractivity contribution in [1.82, 2.24) is 14.9 Å². The number of ketones is 1. The largest absolute Gasteiger partial charge is 0.345 e. The molecule has 0 aromatic carbocycles. The number of fused-ring (bicyclic) bond motifs is 1. The van der Waals surface area contributed by atoms with E-state index in [0.717, 1.165) is 10.8 Å². The number of rotatable bonds is 2. The average Bonchev–Trinajstić information content (AvgIpc) is 3.06. The van der Waals surface area contributed by atoms with Crippen LogP contribution in [0.1, 0.15) is 52.4 Å². The van der Waals surface area contributed by atoms with E-state index < -0.39 is 5.56 Å². The highest BCUT2D eigenvalue weighted by Gasteiger charge is 2.33. The van der Waals surface area contributed by atoms with Gasteiger partial charge in [0.25, 0.3) is 11.5 Å². The van der Waals surface area contributed by atoms with Gasteiger partial charge in [0.2, 0.25) is 0 Å². The molecule has 0 bridgehead atoms. The number of nitrogens with zero attached hydrogens (tertiary/aromatic N) is 3. The number of anilines is 1. The Morgan fingerprint density at radius 1 is 1.18 bits per heavy atom. The highest BCUT2D eigenvalue weighted by molar-refractivity contribution is 7.13. The van der Waals surface area contributed by atoms with Gasteiger partial charge in [0.15, 0.2) is 10.9 Å². The molecule has 0 unspecified atom stereocenters. The Kier molecular flexibility index (Phi) is 4.61. The third-order valence-corrected chi connectivity index (χ3v) is 6.41. The van der Waals surface area contributed by atoms with Gasteiger partial charge in [0.1, 0.15) is 5.56 Å². The lowest BCUT2D eigenvalue weighted by molar-refractivity contribution is 0.0745. The van der Waals surface area contributed by atoms with E-state index in [1.165, 1.54) is 6.07 Å². The summed E-state index contributed by atoms with van der Waals surface area (Å²) in [5, 5.41) is 2.97. The zero-order valence-electron chi connectivity index (χ0n) is 16.4. The molecule has 148 valence electrons. The minimum Gasteiger partial charge on any atom is -0.345 e. The molecule has 0 radical (unpaired) electrons. The van der Waals surface area contributed by atoms with Crippen molar-refractivity contribution < 1.29 is 9.59 Å². The van der Waals surface area contributed by atoms with Crippen LogP contribution in [0.25, 0.3) is 0 Å². The lowest BCUT2D eigenvalue weighted by atomic mass is 9.75. The highest BCUT2D eigenvalue weighted by atomic mass is 32.1. The molecule has 1 fully saturated rings. The normalized spacial score (nSPS) is 18.9. The number of H-pyrrole nitrogens is 1. The molecule has 2 aromatic heterocycles. The summed E-state index contributed by atoms with van der Waals surface area (Å²) in [6, 6.07) is 1.50. The molecule has 3 heterocycles. The van der Waals surface area contributed by atoms with Crippen LogP contribution in [0.5, 0.6) is 0 Å². The number of carbonyl (C=O) groups excluding carboxylic acids is 2. The molecule has 1 aliphatic heterocycles. The first-order valence-electron chi connectivity index (χ1n) is 9.49. The number of thiazole rings is 1. The first-order valence-corrected chi connectivity index (χ1v) is 10.4. The molecule has 1 aliphatic carbocycles. The molecule has 28 heavy (non-hydrogen) atoms. The molecule has 0 spiro atoms. The maximum Gasteiger partial charge on any atom is 0.261 e. The van der Waals surface area contributed by atoms with Gasteiger partial charge in [0, 0.05) is 49.2 Å². The first-order chi connectivity index (χ1) is 13.2. The van der Waals surface area contributed by atoms with Crippen molar-refractivity contribution in [2.45, 2.75) is 33.6 Å². The van der Waals surface area contributed by atoms with Crippen molar-refractivity contribution in [2.24, 2.45) is 5.41 Å². The quantitative estimate of drug-likeness (QED) is 0.836. The van der Waals surface area contributed by atoms with Crippen LogP contribution in [0.2, 0.25) is 0 Å². The van der Waals surface area contributed by atoms with Crippen LogP contribution in [-0.4, -0.2) is 52.7 Å². The van der Waals surface area contributed by atoms with Gasteiger partial charge < -0.3 is 14.8 Å². The summed E-state index contributed by atoms with van der Waals surface area (Å²) in [6.07, 6.45) is 1.05. The smallest absolute Gasteiger partial charge is 0.261 e. The molecule has 0 atom stereocenters. The van der Waals surface area contributed by atoms with E-state index in [2.05, 4.69) is 14.9 Å². The summed E-state index contributed by atoms with van der Waals surface area (Å²) in [5.74, 6) is -0.322. The predicted octanol–water partition coefficient (Wildman–Crippen LogP) is 2.26. The van der Waals surface area contributed by atoms with Crippen molar-refractivity contribution in [3.8, 4) is 0 Å². The minimum absolute atomic E-state index is 0.0134. The van der Waals surface area contributed by atoms with Crippen molar-refractivity contribution in [3.05, 3.63) is 44.3 Å². The van der Waals surface area contributed by atoms with E-state index >= 15 is 0 Å². The lowest BCUT2D eigenvalue weighted by Crippen LogP contribution is -2.49. The van der Waals surface area contributed by atoms with Crippen molar-refractivity contribution in [3.63, 3.8) is 0 Å². The molecule has 2 aromatic rings. The summed E-state index contributed by atoms with van der Waals surface area (Å²) in [7, 11) is 0. The van der Waals surface area contributed by atoms with E-state index in [-0.39, 0.29) is 22.7 Å². The van der Waals surface area contributed by atoms with E-state index in [1.807, 2.05) is 26.2 Å².